The van der Waals surface area contributed by atoms with Crippen LogP contribution in [0.4, 0.5) is 0 Å². The Bertz CT molecular complexity index is 2420. The van der Waals surface area contributed by atoms with Crippen LogP contribution in [0.15, 0.2) is 155 Å². The zero-order valence-electron chi connectivity index (χ0n) is 23.7. The molecule has 0 radical (unpaired) electrons. The summed E-state index contributed by atoms with van der Waals surface area (Å²) in [5.41, 5.74) is 8.54. The van der Waals surface area contributed by atoms with Gasteiger partial charge in [-0.1, -0.05) is 103 Å². The predicted octanol–water partition coefficient (Wildman–Crippen LogP) is 10.8. The van der Waals surface area contributed by atoms with E-state index in [0.717, 1.165) is 50.2 Å². The summed E-state index contributed by atoms with van der Waals surface area (Å²) < 4.78 is 8.73. The highest BCUT2D eigenvalue weighted by atomic mass is 32.1. The summed E-state index contributed by atoms with van der Waals surface area (Å²) in [6.45, 7) is 0. The molecule has 1 atom stereocenters. The second kappa shape index (κ2) is 10.1. The number of nitrogens with zero attached hydrogens (tertiary/aromatic N) is 1. The van der Waals surface area contributed by atoms with Crippen molar-refractivity contribution in [2.24, 2.45) is 4.99 Å². The molecule has 4 heteroatoms. The van der Waals surface area contributed by atoms with Crippen LogP contribution in [0.3, 0.4) is 0 Å². The molecule has 44 heavy (non-hydrogen) atoms. The Balaban J connectivity index is 1.20. The maximum Gasteiger partial charge on any atom is 0.136 e. The SMILES string of the molecule is C1=C(c2ccccc2)N=C(c2cccc3sc4ccc(-c5ccc6c(c5)oc5ccccc56)cc4c23)NC1c1ccccc1. The Kier molecular flexibility index (Phi) is 5.75. The maximum absolute atomic E-state index is 6.22. The zero-order valence-corrected chi connectivity index (χ0v) is 24.5. The van der Waals surface area contributed by atoms with Gasteiger partial charge in [0.25, 0.3) is 0 Å². The van der Waals surface area contributed by atoms with Crippen molar-refractivity contribution in [3.8, 4) is 11.1 Å². The summed E-state index contributed by atoms with van der Waals surface area (Å²) >= 11 is 1.83. The number of hydrogen-bond donors (Lipinski definition) is 1. The largest absolute Gasteiger partial charge is 0.456 e. The molecule has 0 aliphatic carbocycles. The first-order chi connectivity index (χ1) is 21.8. The monoisotopic (exact) mass is 582 g/mol. The molecule has 0 fully saturated rings. The third kappa shape index (κ3) is 4.15. The molecule has 3 nitrogen and oxygen atoms in total. The minimum Gasteiger partial charge on any atom is -0.456 e. The number of aliphatic imine (C=N–C) groups is 1. The van der Waals surface area contributed by atoms with Crippen molar-refractivity contribution < 1.29 is 4.42 Å². The van der Waals surface area contributed by atoms with Gasteiger partial charge in [-0.05, 0) is 64.7 Å². The van der Waals surface area contributed by atoms with Gasteiger partial charge in [-0.2, -0.15) is 0 Å². The fraction of sp³-hybridized carbons (Fsp3) is 0.0250. The molecule has 0 spiro atoms. The fourth-order valence-electron chi connectivity index (χ4n) is 6.39. The van der Waals surface area contributed by atoms with E-state index < -0.39 is 0 Å². The van der Waals surface area contributed by atoms with Gasteiger partial charge in [0.05, 0.1) is 11.7 Å². The van der Waals surface area contributed by atoms with Crippen molar-refractivity contribution in [2.75, 3.05) is 0 Å². The van der Waals surface area contributed by atoms with Crippen molar-refractivity contribution in [3.63, 3.8) is 0 Å². The lowest BCUT2D eigenvalue weighted by molar-refractivity contribution is 0.669. The van der Waals surface area contributed by atoms with Gasteiger partial charge in [-0.3, -0.25) is 0 Å². The molecule has 1 aliphatic rings. The van der Waals surface area contributed by atoms with Gasteiger partial charge in [-0.25, -0.2) is 4.99 Å². The first-order valence-electron chi connectivity index (χ1n) is 14.8. The van der Waals surface area contributed by atoms with Crippen LogP contribution in [-0.2, 0) is 0 Å². The smallest absolute Gasteiger partial charge is 0.136 e. The topological polar surface area (TPSA) is 37.5 Å². The lowest BCUT2D eigenvalue weighted by atomic mass is 9.97. The molecule has 8 aromatic rings. The summed E-state index contributed by atoms with van der Waals surface area (Å²) in [6, 6.07) is 49.2. The van der Waals surface area contributed by atoms with Gasteiger partial charge >= 0.3 is 0 Å². The van der Waals surface area contributed by atoms with Gasteiger partial charge in [0.15, 0.2) is 0 Å². The Morgan fingerprint density at radius 1 is 0.568 bits per heavy atom. The second-order valence-corrected chi connectivity index (χ2v) is 12.3. The fourth-order valence-corrected chi connectivity index (χ4v) is 7.51. The number of rotatable bonds is 4. The van der Waals surface area contributed by atoms with E-state index in [2.05, 4.69) is 133 Å². The van der Waals surface area contributed by atoms with Crippen LogP contribution in [0.2, 0.25) is 0 Å². The van der Waals surface area contributed by atoms with Crippen LogP contribution in [0.1, 0.15) is 22.7 Å². The summed E-state index contributed by atoms with van der Waals surface area (Å²) in [7, 11) is 0. The molecule has 0 bridgehead atoms. The third-order valence-electron chi connectivity index (χ3n) is 8.54. The van der Waals surface area contributed by atoms with Gasteiger partial charge < -0.3 is 9.73 Å². The average molecular weight is 583 g/mol. The number of fused-ring (bicyclic) bond motifs is 6. The number of benzene rings is 6. The van der Waals surface area contributed by atoms with Gasteiger partial charge in [0, 0.05) is 36.5 Å². The lowest BCUT2D eigenvalue weighted by Gasteiger charge is -2.25. The highest BCUT2D eigenvalue weighted by Gasteiger charge is 2.22. The Hall–Kier alpha value is -5.45. The Labute approximate surface area is 258 Å². The van der Waals surface area contributed by atoms with Crippen LogP contribution in [0.5, 0.6) is 0 Å². The van der Waals surface area contributed by atoms with Crippen LogP contribution >= 0.6 is 11.3 Å². The summed E-state index contributed by atoms with van der Waals surface area (Å²) in [4.78, 5) is 5.23. The van der Waals surface area contributed by atoms with E-state index in [9.17, 15) is 0 Å². The lowest BCUT2D eigenvalue weighted by Crippen LogP contribution is -2.31. The highest BCUT2D eigenvalue weighted by molar-refractivity contribution is 7.25. The van der Waals surface area contributed by atoms with Gasteiger partial charge in [0.2, 0.25) is 0 Å². The van der Waals surface area contributed by atoms with E-state index in [4.69, 9.17) is 9.41 Å². The number of para-hydroxylation sites is 1. The summed E-state index contributed by atoms with van der Waals surface area (Å²) in [5, 5.41) is 8.53. The van der Waals surface area contributed by atoms with Crippen molar-refractivity contribution in [1.82, 2.24) is 5.32 Å². The minimum absolute atomic E-state index is 0.00478. The first-order valence-corrected chi connectivity index (χ1v) is 15.6. The number of amidine groups is 1. The number of nitrogens with one attached hydrogen (secondary N) is 1. The van der Waals surface area contributed by atoms with E-state index in [-0.39, 0.29) is 6.04 Å². The first kappa shape index (κ1) is 25.1. The standard InChI is InChI=1S/C40H26N2OS/c1-3-10-25(11-4-1)33-24-34(26-12-5-2-6-13-26)42-40(41-33)31-15-9-17-38-39(31)32-22-27(19-21-37(32)44-38)28-18-20-30-29-14-7-8-16-35(29)43-36(30)23-28/h1-24,33H,(H,41,42). The normalized spacial score (nSPS) is 15.0. The van der Waals surface area contributed by atoms with Crippen LogP contribution < -0.4 is 5.32 Å². The van der Waals surface area contributed by atoms with E-state index in [1.165, 1.54) is 31.3 Å². The molecule has 208 valence electrons. The van der Waals surface area contributed by atoms with Crippen LogP contribution in [-0.4, -0.2) is 5.84 Å². The third-order valence-corrected chi connectivity index (χ3v) is 9.68. The van der Waals surface area contributed by atoms with E-state index in [1.807, 2.05) is 29.5 Å². The van der Waals surface area contributed by atoms with Crippen molar-refractivity contribution in [2.45, 2.75) is 6.04 Å². The van der Waals surface area contributed by atoms with E-state index in [1.54, 1.807) is 0 Å². The molecule has 3 heterocycles. The van der Waals surface area contributed by atoms with E-state index in [0.29, 0.717) is 0 Å². The van der Waals surface area contributed by atoms with Gasteiger partial charge in [0.1, 0.15) is 17.0 Å². The molecule has 0 amide bonds. The summed E-state index contributed by atoms with van der Waals surface area (Å²) in [6.07, 6.45) is 2.23. The van der Waals surface area contributed by atoms with Gasteiger partial charge in [-0.15, -0.1) is 11.3 Å². The molecule has 1 N–H and O–H groups in total. The van der Waals surface area contributed by atoms with Crippen LogP contribution in [0.25, 0.3) is 58.9 Å². The molecule has 6 aromatic carbocycles. The molecular formula is C40H26N2OS. The molecule has 2 aromatic heterocycles. The number of hydrogen-bond acceptors (Lipinski definition) is 4. The molecule has 0 saturated carbocycles. The number of furan rings is 1. The minimum atomic E-state index is 0.00478. The predicted molar refractivity (Wildman–Crippen MR) is 185 cm³/mol. The Morgan fingerprint density at radius 2 is 1.32 bits per heavy atom. The number of thiophene rings is 1. The molecular weight excluding hydrogens is 557 g/mol. The average Bonchev–Trinajstić information content (AvgIpc) is 3.66. The molecule has 0 saturated heterocycles. The second-order valence-electron chi connectivity index (χ2n) is 11.2. The molecule has 1 unspecified atom stereocenters. The highest BCUT2D eigenvalue weighted by Crippen LogP contribution is 2.40. The summed E-state index contributed by atoms with van der Waals surface area (Å²) in [5.74, 6) is 0.889. The molecule has 9 rings (SSSR count). The maximum atomic E-state index is 6.22. The Morgan fingerprint density at radius 3 is 2.20 bits per heavy atom. The van der Waals surface area contributed by atoms with Crippen LogP contribution in [0, 0.1) is 0 Å². The quantitative estimate of drug-likeness (QED) is 0.224. The van der Waals surface area contributed by atoms with Crippen molar-refractivity contribution >= 4 is 65.0 Å². The van der Waals surface area contributed by atoms with Crippen molar-refractivity contribution in [1.29, 1.82) is 0 Å². The molecule has 1 aliphatic heterocycles. The van der Waals surface area contributed by atoms with E-state index >= 15 is 0 Å². The zero-order chi connectivity index (χ0) is 29.0. The van der Waals surface area contributed by atoms with Crippen molar-refractivity contribution in [3.05, 3.63) is 162 Å².